The molecule has 0 atom stereocenters. The predicted octanol–water partition coefficient (Wildman–Crippen LogP) is 4.51. The number of aryl methyl sites for hydroxylation is 1. The van der Waals surface area contributed by atoms with E-state index in [1.807, 2.05) is 24.3 Å². The Hall–Kier alpha value is -4.13. The van der Waals surface area contributed by atoms with E-state index in [2.05, 4.69) is 29.6 Å². The number of hydrogen-bond acceptors (Lipinski definition) is 4. The second kappa shape index (κ2) is 9.16. The van der Waals surface area contributed by atoms with Crippen molar-refractivity contribution in [3.05, 3.63) is 89.0 Å². The van der Waals surface area contributed by atoms with Crippen LogP contribution in [-0.4, -0.2) is 48.2 Å². The lowest BCUT2D eigenvalue weighted by molar-refractivity contribution is -0.137. The number of ether oxygens (including phenoxy) is 1. The topological polar surface area (TPSA) is 95.9 Å². The highest BCUT2D eigenvalue weighted by Gasteiger charge is 2.29. The molecule has 0 spiro atoms. The van der Waals surface area contributed by atoms with E-state index < -0.39 is 24.5 Å². The third-order valence-electron chi connectivity index (χ3n) is 5.77. The number of fused-ring (bicyclic) bond motifs is 3. The molecule has 0 unspecified atom stereocenters. The molecule has 168 valence electrons. The first-order valence-corrected chi connectivity index (χ1v) is 10.5. The van der Waals surface area contributed by atoms with E-state index in [1.165, 1.54) is 7.05 Å². The number of amides is 2. The minimum Gasteiger partial charge on any atom is -0.480 e. The van der Waals surface area contributed by atoms with Crippen LogP contribution in [0.3, 0.4) is 0 Å². The first-order valence-electron chi connectivity index (χ1n) is 10.5. The van der Waals surface area contributed by atoms with Crippen LogP contribution in [-0.2, 0) is 9.53 Å². The lowest BCUT2D eigenvalue weighted by Gasteiger charge is -2.17. The zero-order chi connectivity index (χ0) is 23.5. The lowest BCUT2D eigenvalue weighted by Crippen LogP contribution is -2.32. The molecular weight excluding hydrogens is 420 g/mol. The fraction of sp³-hybridized carbons (Fsp3) is 0.192. The molecule has 0 saturated carbocycles. The zero-order valence-electron chi connectivity index (χ0n) is 18.4. The van der Waals surface area contributed by atoms with Crippen molar-refractivity contribution >= 4 is 23.7 Å². The number of nitrogens with zero attached hydrogens (tertiary/aromatic N) is 1. The number of nitrogens with one attached hydrogen (secondary N) is 1. The third-order valence-corrected chi connectivity index (χ3v) is 5.77. The summed E-state index contributed by atoms with van der Waals surface area (Å²) in [6.07, 6.45) is -0.581. The highest BCUT2D eigenvalue weighted by molar-refractivity contribution is 5.97. The molecular formula is C26H24N2O5. The highest BCUT2D eigenvalue weighted by Crippen LogP contribution is 2.44. The molecule has 1 aliphatic rings. The van der Waals surface area contributed by atoms with Gasteiger partial charge in [0, 0.05) is 24.2 Å². The standard InChI is InChI=1S/C26H24N2O5/c1-16-13-17(25(31)28(2)14-24(29)30)11-12-23(16)27-26(32)33-15-22-20-9-5-3-7-18(20)19-8-4-6-10-21(19)22/h3-13,22H,14-15H2,1-2H3,(H,27,32)(H,29,30). The number of carbonyl (C=O) groups excluding carboxylic acids is 2. The molecule has 0 bridgehead atoms. The van der Waals surface area contributed by atoms with Crippen molar-refractivity contribution in [2.45, 2.75) is 12.8 Å². The van der Waals surface area contributed by atoms with E-state index in [0.717, 1.165) is 27.2 Å². The first kappa shape index (κ1) is 22.1. The van der Waals surface area contributed by atoms with Gasteiger partial charge in [-0.1, -0.05) is 48.5 Å². The van der Waals surface area contributed by atoms with Crippen LogP contribution in [0.15, 0.2) is 66.7 Å². The van der Waals surface area contributed by atoms with Crippen molar-refractivity contribution < 1.29 is 24.2 Å². The molecule has 0 radical (unpaired) electrons. The monoisotopic (exact) mass is 444 g/mol. The number of benzene rings is 3. The van der Waals surface area contributed by atoms with E-state index in [1.54, 1.807) is 25.1 Å². The number of carboxylic acid groups (broad SMARTS) is 1. The molecule has 0 heterocycles. The number of anilines is 1. The third kappa shape index (κ3) is 4.57. The summed E-state index contributed by atoms with van der Waals surface area (Å²) >= 11 is 0. The van der Waals surface area contributed by atoms with Crippen LogP contribution in [0.5, 0.6) is 0 Å². The van der Waals surface area contributed by atoms with Gasteiger partial charge in [-0.05, 0) is 52.9 Å². The molecule has 1 aliphatic carbocycles. The van der Waals surface area contributed by atoms with Crippen LogP contribution in [0.1, 0.15) is 33.0 Å². The van der Waals surface area contributed by atoms with Crippen LogP contribution < -0.4 is 5.32 Å². The Kier molecular flexibility index (Phi) is 6.13. The van der Waals surface area contributed by atoms with Gasteiger partial charge in [-0.25, -0.2) is 4.79 Å². The Balaban J connectivity index is 1.42. The predicted molar refractivity (Wildman–Crippen MR) is 124 cm³/mol. The molecule has 3 aromatic carbocycles. The molecule has 2 amide bonds. The van der Waals surface area contributed by atoms with Gasteiger partial charge < -0.3 is 14.7 Å². The maximum atomic E-state index is 12.5. The number of aliphatic carboxylic acids is 1. The van der Waals surface area contributed by atoms with Crippen molar-refractivity contribution in [1.82, 2.24) is 4.90 Å². The number of carbonyl (C=O) groups is 3. The van der Waals surface area contributed by atoms with Crippen LogP contribution in [0.25, 0.3) is 11.1 Å². The number of rotatable bonds is 6. The zero-order valence-corrected chi connectivity index (χ0v) is 18.4. The van der Waals surface area contributed by atoms with Gasteiger partial charge in [0.2, 0.25) is 0 Å². The number of likely N-dealkylation sites (N-methyl/N-ethyl adjacent to an activating group) is 1. The maximum Gasteiger partial charge on any atom is 0.411 e. The number of carboxylic acids is 1. The second-order valence-corrected chi connectivity index (χ2v) is 8.04. The molecule has 3 aromatic rings. The van der Waals surface area contributed by atoms with Crippen molar-refractivity contribution in [3.63, 3.8) is 0 Å². The molecule has 0 saturated heterocycles. The van der Waals surface area contributed by atoms with Crippen molar-refractivity contribution in [2.24, 2.45) is 0 Å². The van der Waals surface area contributed by atoms with E-state index in [4.69, 9.17) is 9.84 Å². The van der Waals surface area contributed by atoms with Gasteiger partial charge in [-0.3, -0.25) is 14.9 Å². The molecule has 0 aliphatic heterocycles. The highest BCUT2D eigenvalue weighted by atomic mass is 16.5. The smallest absolute Gasteiger partial charge is 0.411 e. The van der Waals surface area contributed by atoms with Crippen LogP contribution in [0.4, 0.5) is 10.5 Å². The second-order valence-electron chi connectivity index (χ2n) is 8.04. The molecule has 2 N–H and O–H groups in total. The average molecular weight is 444 g/mol. The summed E-state index contributed by atoms with van der Waals surface area (Å²) in [7, 11) is 1.43. The fourth-order valence-electron chi connectivity index (χ4n) is 4.18. The Morgan fingerprint density at radius 1 is 0.970 bits per heavy atom. The van der Waals surface area contributed by atoms with E-state index in [0.29, 0.717) is 16.8 Å². The lowest BCUT2D eigenvalue weighted by atomic mass is 9.98. The van der Waals surface area contributed by atoms with Gasteiger partial charge in [-0.15, -0.1) is 0 Å². The minimum atomic E-state index is -1.09. The van der Waals surface area contributed by atoms with E-state index in [9.17, 15) is 14.4 Å². The molecule has 0 aromatic heterocycles. The van der Waals surface area contributed by atoms with Crippen LogP contribution >= 0.6 is 0 Å². The molecule has 0 fully saturated rings. The Morgan fingerprint density at radius 3 is 2.15 bits per heavy atom. The summed E-state index contributed by atoms with van der Waals surface area (Å²) in [6, 6.07) is 21.0. The summed E-state index contributed by atoms with van der Waals surface area (Å²) in [5.41, 5.74) is 6.11. The van der Waals surface area contributed by atoms with Gasteiger partial charge in [0.25, 0.3) is 5.91 Å². The summed E-state index contributed by atoms with van der Waals surface area (Å²) in [4.78, 5) is 36.8. The van der Waals surface area contributed by atoms with Crippen molar-refractivity contribution in [3.8, 4) is 11.1 Å². The van der Waals surface area contributed by atoms with Crippen LogP contribution in [0, 0.1) is 6.92 Å². The van der Waals surface area contributed by atoms with Gasteiger partial charge in [-0.2, -0.15) is 0 Å². The fourth-order valence-corrected chi connectivity index (χ4v) is 4.18. The van der Waals surface area contributed by atoms with Crippen molar-refractivity contribution in [2.75, 3.05) is 25.5 Å². The normalized spacial score (nSPS) is 11.9. The summed E-state index contributed by atoms with van der Waals surface area (Å²) < 4.78 is 5.57. The maximum absolute atomic E-state index is 12.5. The molecule has 33 heavy (non-hydrogen) atoms. The van der Waals surface area contributed by atoms with Gasteiger partial charge in [0.1, 0.15) is 13.2 Å². The summed E-state index contributed by atoms with van der Waals surface area (Å²) in [5.74, 6) is -1.53. The SMILES string of the molecule is Cc1cc(C(=O)N(C)CC(=O)O)ccc1NC(=O)OCC1c2ccccc2-c2ccccc21. The van der Waals surface area contributed by atoms with Gasteiger partial charge in [0.15, 0.2) is 0 Å². The first-order chi connectivity index (χ1) is 15.8. The summed E-state index contributed by atoms with van der Waals surface area (Å²) in [6.45, 7) is 1.57. The summed E-state index contributed by atoms with van der Waals surface area (Å²) in [5, 5.41) is 11.6. The van der Waals surface area contributed by atoms with E-state index >= 15 is 0 Å². The minimum absolute atomic E-state index is 0.0333. The number of hydrogen-bond donors (Lipinski definition) is 2. The molecule has 4 rings (SSSR count). The van der Waals surface area contributed by atoms with Gasteiger partial charge >= 0.3 is 12.1 Å². The van der Waals surface area contributed by atoms with Crippen LogP contribution in [0.2, 0.25) is 0 Å². The molecule has 7 heteroatoms. The molecule has 7 nitrogen and oxygen atoms in total. The van der Waals surface area contributed by atoms with Crippen molar-refractivity contribution in [1.29, 1.82) is 0 Å². The Morgan fingerprint density at radius 2 is 1.58 bits per heavy atom. The Bertz CT molecular complexity index is 1190. The van der Waals surface area contributed by atoms with E-state index in [-0.39, 0.29) is 12.5 Å². The Labute approximate surface area is 191 Å². The largest absolute Gasteiger partial charge is 0.480 e. The van der Waals surface area contributed by atoms with Gasteiger partial charge in [0.05, 0.1) is 0 Å². The average Bonchev–Trinajstić information content (AvgIpc) is 3.12. The quantitative estimate of drug-likeness (QED) is 0.583.